The van der Waals surface area contributed by atoms with Crippen LogP contribution in [0.15, 0.2) is 34.8 Å². The van der Waals surface area contributed by atoms with Crippen LogP contribution in [0.5, 0.6) is 0 Å². The Morgan fingerprint density at radius 3 is 2.56 bits per heavy atom. The largest absolute Gasteiger partial charge is 0.397 e. The van der Waals surface area contributed by atoms with Crippen molar-refractivity contribution in [2.24, 2.45) is 0 Å². The molecule has 0 aliphatic rings. The zero-order valence-electron chi connectivity index (χ0n) is 8.98. The molecule has 2 aromatic rings. The van der Waals surface area contributed by atoms with E-state index in [0.29, 0.717) is 22.1 Å². The predicted molar refractivity (Wildman–Crippen MR) is 78.3 cm³/mol. The highest BCUT2D eigenvalue weighted by Gasteiger charge is 2.08. The van der Waals surface area contributed by atoms with Crippen LogP contribution in [0.4, 0.5) is 21.5 Å². The minimum absolute atomic E-state index is 0.0109. The smallest absolute Gasteiger partial charge is 0.144 e. The van der Waals surface area contributed by atoms with Crippen molar-refractivity contribution in [3.63, 3.8) is 0 Å². The second kappa shape index (κ2) is 5.34. The molecule has 0 saturated carbocycles. The van der Waals surface area contributed by atoms with Crippen LogP contribution >= 0.6 is 39.1 Å². The lowest BCUT2D eigenvalue weighted by atomic mass is 10.2. The van der Waals surface area contributed by atoms with Gasteiger partial charge in [-0.15, -0.1) is 0 Å². The lowest BCUT2D eigenvalue weighted by Gasteiger charge is -2.12. The summed E-state index contributed by atoms with van der Waals surface area (Å²) in [5, 5.41) is 3.55. The number of nitrogen functional groups attached to an aromatic ring is 1. The monoisotopic (exact) mass is 348 g/mol. The Balaban J connectivity index is 2.40. The van der Waals surface area contributed by atoms with Crippen molar-refractivity contribution in [1.29, 1.82) is 0 Å². The lowest BCUT2D eigenvalue weighted by molar-refractivity contribution is 0.629. The summed E-state index contributed by atoms with van der Waals surface area (Å²) in [6, 6.07) is 7.83. The van der Waals surface area contributed by atoms with Gasteiger partial charge in [0.15, 0.2) is 0 Å². The Bertz CT molecular complexity index is 605. The second-order valence-corrected chi connectivity index (χ2v) is 5.30. The summed E-state index contributed by atoms with van der Waals surface area (Å²) < 4.78 is 14.2. The maximum Gasteiger partial charge on any atom is 0.144 e. The van der Waals surface area contributed by atoms with Crippen LogP contribution < -0.4 is 11.1 Å². The highest BCUT2D eigenvalue weighted by molar-refractivity contribution is 9.10. The van der Waals surface area contributed by atoms with Crippen molar-refractivity contribution in [2.45, 2.75) is 0 Å². The van der Waals surface area contributed by atoms with Crippen LogP contribution in [-0.4, -0.2) is 0 Å². The Hall–Kier alpha value is -0.970. The second-order valence-electron chi connectivity index (χ2n) is 3.60. The molecular weight excluding hydrogens is 342 g/mol. The predicted octanol–water partition coefficient (Wildman–Crippen LogP) is 5.22. The van der Waals surface area contributed by atoms with Crippen molar-refractivity contribution in [3.05, 3.63) is 50.7 Å². The fourth-order valence-corrected chi connectivity index (χ4v) is 2.10. The topological polar surface area (TPSA) is 38.0 Å². The van der Waals surface area contributed by atoms with Gasteiger partial charge >= 0.3 is 0 Å². The van der Waals surface area contributed by atoms with E-state index < -0.39 is 5.82 Å². The minimum atomic E-state index is -0.536. The number of hydrogen-bond donors (Lipinski definition) is 2. The number of nitrogens with two attached hydrogens (primary N) is 1. The fraction of sp³-hybridized carbons (Fsp3) is 0. The van der Waals surface area contributed by atoms with Gasteiger partial charge in [-0.2, -0.15) is 0 Å². The zero-order chi connectivity index (χ0) is 13.3. The first-order valence-corrected chi connectivity index (χ1v) is 6.49. The summed E-state index contributed by atoms with van der Waals surface area (Å²) in [5.74, 6) is -0.536. The standard InChI is InChI=1S/C12H8BrCl2FN2/c13-7-2-1-6(14)3-11(7)18-12-5-9(16)8(15)4-10(12)17/h1-5,18H,17H2. The van der Waals surface area contributed by atoms with Crippen LogP contribution in [0.2, 0.25) is 10.0 Å². The van der Waals surface area contributed by atoms with Crippen LogP contribution in [0.25, 0.3) is 0 Å². The molecule has 2 nitrogen and oxygen atoms in total. The molecule has 0 aliphatic heterocycles. The van der Waals surface area contributed by atoms with Gasteiger partial charge in [-0.05, 0) is 40.2 Å². The molecule has 2 rings (SSSR count). The molecule has 3 N–H and O–H groups in total. The van der Waals surface area contributed by atoms with Crippen molar-refractivity contribution in [3.8, 4) is 0 Å². The van der Waals surface area contributed by atoms with Gasteiger partial charge in [-0.3, -0.25) is 0 Å². The Morgan fingerprint density at radius 2 is 1.83 bits per heavy atom. The molecule has 2 aromatic carbocycles. The molecule has 0 spiro atoms. The summed E-state index contributed by atoms with van der Waals surface area (Å²) >= 11 is 14.9. The van der Waals surface area contributed by atoms with Gasteiger partial charge in [0.2, 0.25) is 0 Å². The number of anilines is 3. The van der Waals surface area contributed by atoms with Crippen molar-refractivity contribution < 1.29 is 4.39 Å². The molecule has 0 fully saturated rings. The molecular formula is C12H8BrCl2FN2. The number of benzene rings is 2. The van der Waals surface area contributed by atoms with E-state index in [1.807, 2.05) is 0 Å². The first-order valence-electron chi connectivity index (χ1n) is 4.94. The van der Waals surface area contributed by atoms with Gasteiger partial charge in [0, 0.05) is 15.6 Å². The summed E-state index contributed by atoms with van der Waals surface area (Å²) in [7, 11) is 0. The molecule has 0 heterocycles. The summed E-state index contributed by atoms with van der Waals surface area (Å²) in [4.78, 5) is 0. The summed E-state index contributed by atoms with van der Waals surface area (Å²) in [6.45, 7) is 0. The molecule has 0 radical (unpaired) electrons. The maximum absolute atomic E-state index is 13.4. The van der Waals surface area contributed by atoms with E-state index in [-0.39, 0.29) is 5.02 Å². The SMILES string of the molecule is Nc1cc(Cl)c(F)cc1Nc1cc(Cl)ccc1Br. The third-order valence-corrected chi connectivity index (χ3v) is 3.51. The molecule has 0 aromatic heterocycles. The molecule has 0 aliphatic carbocycles. The third-order valence-electron chi connectivity index (χ3n) is 2.29. The van der Waals surface area contributed by atoms with Gasteiger partial charge in [-0.25, -0.2) is 4.39 Å². The zero-order valence-corrected chi connectivity index (χ0v) is 12.1. The highest BCUT2D eigenvalue weighted by atomic mass is 79.9. The Labute approximate surface area is 122 Å². The molecule has 0 bridgehead atoms. The van der Waals surface area contributed by atoms with Crippen LogP contribution in [-0.2, 0) is 0 Å². The highest BCUT2D eigenvalue weighted by Crippen LogP contribution is 2.33. The van der Waals surface area contributed by atoms with Gasteiger partial charge in [-0.1, -0.05) is 23.2 Å². The van der Waals surface area contributed by atoms with Crippen molar-refractivity contribution in [1.82, 2.24) is 0 Å². The number of rotatable bonds is 2. The third kappa shape index (κ3) is 2.88. The first kappa shape index (κ1) is 13.5. The fourth-order valence-electron chi connectivity index (χ4n) is 1.41. The molecule has 0 amide bonds. The summed E-state index contributed by atoms with van der Waals surface area (Å²) in [5.41, 5.74) is 7.24. The number of nitrogens with one attached hydrogen (secondary N) is 1. The molecule has 18 heavy (non-hydrogen) atoms. The first-order chi connectivity index (χ1) is 8.47. The van der Waals surface area contributed by atoms with Gasteiger partial charge in [0.25, 0.3) is 0 Å². The van der Waals surface area contributed by atoms with E-state index in [9.17, 15) is 4.39 Å². The molecule has 94 valence electrons. The van der Waals surface area contributed by atoms with E-state index in [0.717, 1.165) is 4.47 Å². The van der Waals surface area contributed by atoms with E-state index >= 15 is 0 Å². The molecule has 0 unspecified atom stereocenters. The van der Waals surface area contributed by atoms with E-state index in [4.69, 9.17) is 28.9 Å². The van der Waals surface area contributed by atoms with Gasteiger partial charge in [0.1, 0.15) is 5.82 Å². The summed E-state index contributed by atoms with van der Waals surface area (Å²) in [6.07, 6.45) is 0. The Morgan fingerprint density at radius 1 is 1.11 bits per heavy atom. The van der Waals surface area contributed by atoms with Gasteiger partial charge < -0.3 is 11.1 Å². The molecule has 0 saturated heterocycles. The van der Waals surface area contributed by atoms with Crippen LogP contribution in [0, 0.1) is 5.82 Å². The lowest BCUT2D eigenvalue weighted by Crippen LogP contribution is -1.98. The van der Waals surface area contributed by atoms with E-state index in [1.54, 1.807) is 18.2 Å². The Kier molecular flexibility index (Phi) is 4.00. The number of halogens is 4. The quantitative estimate of drug-likeness (QED) is 0.729. The number of hydrogen-bond acceptors (Lipinski definition) is 2. The van der Waals surface area contributed by atoms with Crippen molar-refractivity contribution in [2.75, 3.05) is 11.1 Å². The normalized spacial score (nSPS) is 10.4. The molecule has 6 heteroatoms. The minimum Gasteiger partial charge on any atom is -0.397 e. The average Bonchev–Trinajstić information content (AvgIpc) is 2.30. The van der Waals surface area contributed by atoms with E-state index in [2.05, 4.69) is 21.2 Å². The van der Waals surface area contributed by atoms with Crippen molar-refractivity contribution >= 4 is 56.2 Å². The van der Waals surface area contributed by atoms with Crippen LogP contribution in [0.1, 0.15) is 0 Å². The molecule has 0 atom stereocenters. The van der Waals surface area contributed by atoms with Crippen LogP contribution in [0.3, 0.4) is 0 Å². The maximum atomic E-state index is 13.4. The average molecular weight is 350 g/mol. The van der Waals surface area contributed by atoms with E-state index in [1.165, 1.54) is 12.1 Å². The van der Waals surface area contributed by atoms with Gasteiger partial charge in [0.05, 0.1) is 22.1 Å².